The lowest BCUT2D eigenvalue weighted by atomic mass is 10.1. The van der Waals surface area contributed by atoms with Crippen LogP contribution in [-0.2, 0) is 4.79 Å². The summed E-state index contributed by atoms with van der Waals surface area (Å²) < 4.78 is 0. The number of benzene rings is 3. The van der Waals surface area contributed by atoms with E-state index in [1.54, 1.807) is 35.2 Å². The summed E-state index contributed by atoms with van der Waals surface area (Å²) in [5.41, 5.74) is 3.37. The number of nitrogens with zero attached hydrogens (tertiary/aromatic N) is 2. The van der Waals surface area contributed by atoms with Crippen LogP contribution in [0.25, 0.3) is 11.8 Å². The Hall–Kier alpha value is -3.70. The number of hydrogen-bond donors (Lipinski definition) is 0. The normalized spacial score (nSPS) is 14.9. The van der Waals surface area contributed by atoms with Gasteiger partial charge in [0.25, 0.3) is 11.6 Å². The molecule has 0 unspecified atom stereocenters. The second kappa shape index (κ2) is 7.73. The van der Waals surface area contributed by atoms with Crippen molar-refractivity contribution in [3.8, 4) is 0 Å². The summed E-state index contributed by atoms with van der Waals surface area (Å²) in [4.78, 5) is 25.2. The molecule has 0 atom stereocenters. The van der Waals surface area contributed by atoms with Crippen LogP contribution in [-0.4, -0.2) is 10.8 Å². The highest BCUT2D eigenvalue weighted by molar-refractivity contribution is 6.35. The first-order valence-electron chi connectivity index (χ1n) is 8.87. The standard InChI is InChI=1S/C23H15ClN2O3/c24-20-8-4-5-9-21(20)25-22(17-6-2-1-3-7-17)15-18(23(25)27)14-16-10-12-19(13-11-16)26(28)29/h1-15H. The molecule has 142 valence electrons. The first-order valence-corrected chi connectivity index (χ1v) is 9.24. The number of nitro benzene ring substituents is 1. The molecule has 0 saturated heterocycles. The monoisotopic (exact) mass is 402 g/mol. The number of non-ortho nitro benzene ring substituents is 1. The van der Waals surface area contributed by atoms with Crippen LogP contribution in [0.3, 0.4) is 0 Å². The maximum atomic E-state index is 13.3. The van der Waals surface area contributed by atoms with Crippen molar-refractivity contribution in [2.75, 3.05) is 4.90 Å². The zero-order chi connectivity index (χ0) is 20.4. The third kappa shape index (κ3) is 3.68. The van der Waals surface area contributed by atoms with E-state index in [0.29, 0.717) is 21.8 Å². The van der Waals surface area contributed by atoms with E-state index in [1.165, 1.54) is 12.1 Å². The Kier molecular flexibility index (Phi) is 4.97. The van der Waals surface area contributed by atoms with Crippen LogP contribution in [0, 0.1) is 10.1 Å². The molecule has 4 rings (SSSR count). The summed E-state index contributed by atoms with van der Waals surface area (Å²) in [5, 5.41) is 11.3. The van der Waals surface area contributed by atoms with Crippen molar-refractivity contribution in [1.82, 2.24) is 0 Å². The second-order valence-corrected chi connectivity index (χ2v) is 6.84. The molecule has 0 saturated carbocycles. The number of anilines is 1. The fourth-order valence-corrected chi connectivity index (χ4v) is 3.40. The number of rotatable bonds is 4. The van der Waals surface area contributed by atoms with Gasteiger partial charge in [-0.15, -0.1) is 0 Å². The average Bonchev–Trinajstić information content (AvgIpc) is 3.05. The number of nitro groups is 1. The smallest absolute Gasteiger partial charge is 0.269 e. The lowest BCUT2D eigenvalue weighted by molar-refractivity contribution is -0.384. The van der Waals surface area contributed by atoms with E-state index in [9.17, 15) is 14.9 Å². The molecular formula is C23H15ClN2O3. The van der Waals surface area contributed by atoms with Crippen LogP contribution in [0.15, 0.2) is 90.5 Å². The highest BCUT2D eigenvalue weighted by Crippen LogP contribution is 2.38. The van der Waals surface area contributed by atoms with Crippen molar-refractivity contribution in [2.24, 2.45) is 0 Å². The first-order chi connectivity index (χ1) is 14.0. The Morgan fingerprint density at radius 3 is 2.21 bits per heavy atom. The Morgan fingerprint density at radius 2 is 1.55 bits per heavy atom. The number of carbonyl (C=O) groups is 1. The molecular weight excluding hydrogens is 388 g/mol. The predicted molar refractivity (Wildman–Crippen MR) is 114 cm³/mol. The summed E-state index contributed by atoms with van der Waals surface area (Å²) >= 11 is 6.37. The van der Waals surface area contributed by atoms with Crippen LogP contribution in [0.4, 0.5) is 11.4 Å². The Labute approximate surface area is 172 Å². The quantitative estimate of drug-likeness (QED) is 0.318. The molecule has 0 aliphatic carbocycles. The minimum Gasteiger partial charge on any atom is -0.275 e. The molecule has 3 aromatic rings. The van der Waals surface area contributed by atoms with Gasteiger partial charge in [0.1, 0.15) is 0 Å². The van der Waals surface area contributed by atoms with Crippen LogP contribution in [0.1, 0.15) is 11.1 Å². The Balaban J connectivity index is 1.80. The minimum absolute atomic E-state index is 0.00288. The third-order valence-electron chi connectivity index (χ3n) is 4.57. The molecule has 1 aliphatic rings. The molecule has 1 amide bonds. The Morgan fingerprint density at radius 1 is 0.897 bits per heavy atom. The van der Waals surface area contributed by atoms with E-state index in [1.807, 2.05) is 48.5 Å². The van der Waals surface area contributed by atoms with E-state index in [-0.39, 0.29) is 11.6 Å². The van der Waals surface area contributed by atoms with Gasteiger partial charge in [-0.05, 0) is 47.5 Å². The highest BCUT2D eigenvalue weighted by atomic mass is 35.5. The van der Waals surface area contributed by atoms with Crippen LogP contribution >= 0.6 is 11.6 Å². The topological polar surface area (TPSA) is 63.4 Å². The molecule has 0 spiro atoms. The van der Waals surface area contributed by atoms with Crippen molar-refractivity contribution in [3.63, 3.8) is 0 Å². The van der Waals surface area contributed by atoms with E-state index < -0.39 is 4.92 Å². The predicted octanol–water partition coefficient (Wildman–Crippen LogP) is 5.72. The molecule has 0 aromatic heterocycles. The number of amides is 1. The van der Waals surface area contributed by atoms with Crippen LogP contribution in [0.5, 0.6) is 0 Å². The van der Waals surface area contributed by atoms with Crippen molar-refractivity contribution in [1.29, 1.82) is 0 Å². The lowest BCUT2D eigenvalue weighted by Gasteiger charge is -2.21. The SMILES string of the molecule is O=C1C(=Cc2ccc([N+](=O)[O-])cc2)C=C(c2ccccc2)N1c1ccccc1Cl. The maximum Gasteiger partial charge on any atom is 0.269 e. The highest BCUT2D eigenvalue weighted by Gasteiger charge is 2.31. The fraction of sp³-hybridized carbons (Fsp3) is 0. The van der Waals surface area contributed by atoms with Gasteiger partial charge in [-0.2, -0.15) is 0 Å². The largest absolute Gasteiger partial charge is 0.275 e. The summed E-state index contributed by atoms with van der Waals surface area (Å²) in [6.45, 7) is 0. The summed E-state index contributed by atoms with van der Waals surface area (Å²) in [6, 6.07) is 22.8. The van der Waals surface area contributed by atoms with Gasteiger partial charge in [-0.3, -0.25) is 19.8 Å². The number of para-hydroxylation sites is 1. The number of carbonyl (C=O) groups excluding carboxylic acids is 1. The summed E-state index contributed by atoms with van der Waals surface area (Å²) in [6.07, 6.45) is 3.52. The average molecular weight is 403 g/mol. The molecule has 3 aromatic carbocycles. The summed E-state index contributed by atoms with van der Waals surface area (Å²) in [5.74, 6) is -0.213. The molecule has 1 aliphatic heterocycles. The number of halogens is 1. The van der Waals surface area contributed by atoms with E-state index in [0.717, 1.165) is 11.3 Å². The molecule has 0 fully saturated rings. The zero-order valence-corrected chi connectivity index (χ0v) is 15.9. The van der Waals surface area contributed by atoms with Crippen molar-refractivity contribution < 1.29 is 9.72 Å². The fourth-order valence-electron chi connectivity index (χ4n) is 3.18. The van der Waals surface area contributed by atoms with E-state index in [4.69, 9.17) is 11.6 Å². The van der Waals surface area contributed by atoms with Crippen molar-refractivity contribution >= 4 is 40.7 Å². The summed E-state index contributed by atoms with van der Waals surface area (Å²) in [7, 11) is 0. The van der Waals surface area contributed by atoms with Gasteiger partial charge in [0.2, 0.25) is 0 Å². The van der Waals surface area contributed by atoms with Crippen molar-refractivity contribution in [2.45, 2.75) is 0 Å². The molecule has 0 radical (unpaired) electrons. The minimum atomic E-state index is -0.454. The van der Waals surface area contributed by atoms with Gasteiger partial charge in [-0.1, -0.05) is 54.1 Å². The number of hydrogen-bond acceptors (Lipinski definition) is 3. The van der Waals surface area contributed by atoms with E-state index >= 15 is 0 Å². The van der Waals surface area contributed by atoms with Gasteiger partial charge in [-0.25, -0.2) is 0 Å². The Bertz CT molecular complexity index is 1150. The van der Waals surface area contributed by atoms with Crippen LogP contribution < -0.4 is 4.90 Å². The van der Waals surface area contributed by atoms with Crippen LogP contribution in [0.2, 0.25) is 5.02 Å². The van der Waals surface area contributed by atoms with Gasteiger partial charge in [0.15, 0.2) is 0 Å². The van der Waals surface area contributed by atoms with Gasteiger partial charge >= 0.3 is 0 Å². The first kappa shape index (κ1) is 18.7. The van der Waals surface area contributed by atoms with E-state index in [2.05, 4.69) is 0 Å². The van der Waals surface area contributed by atoms with Gasteiger partial charge in [0.05, 0.1) is 21.3 Å². The molecule has 1 heterocycles. The molecule has 0 N–H and O–H groups in total. The zero-order valence-electron chi connectivity index (χ0n) is 15.2. The maximum absolute atomic E-state index is 13.3. The second-order valence-electron chi connectivity index (χ2n) is 6.44. The molecule has 6 heteroatoms. The lowest BCUT2D eigenvalue weighted by Crippen LogP contribution is -2.25. The van der Waals surface area contributed by atoms with Gasteiger partial charge < -0.3 is 0 Å². The molecule has 5 nitrogen and oxygen atoms in total. The molecule has 0 bridgehead atoms. The third-order valence-corrected chi connectivity index (χ3v) is 4.89. The van der Waals surface area contributed by atoms with Crippen molar-refractivity contribution in [3.05, 3.63) is 117 Å². The molecule has 29 heavy (non-hydrogen) atoms. The van der Waals surface area contributed by atoms with Gasteiger partial charge in [0, 0.05) is 17.7 Å².